The van der Waals surface area contributed by atoms with Crippen molar-refractivity contribution in [2.24, 2.45) is 5.92 Å². The third kappa shape index (κ3) is 4.28. The van der Waals surface area contributed by atoms with Gasteiger partial charge in [-0.1, -0.05) is 42.0 Å². The zero-order valence-electron chi connectivity index (χ0n) is 15.1. The summed E-state index contributed by atoms with van der Waals surface area (Å²) in [6.45, 7) is 3.40. The molecule has 1 fully saturated rings. The molecule has 2 aromatic carbocycles. The molecule has 0 radical (unpaired) electrons. The fourth-order valence-electron chi connectivity index (χ4n) is 3.26. The molecule has 1 atom stereocenters. The Bertz CT molecular complexity index is 787. The molecule has 0 aromatic heterocycles. The highest BCUT2D eigenvalue weighted by molar-refractivity contribution is 5.89. The molecule has 1 aliphatic heterocycles. The Labute approximate surface area is 153 Å². The van der Waals surface area contributed by atoms with Crippen LogP contribution in [0.1, 0.15) is 23.1 Å². The number of aryl methyl sites for hydroxylation is 1. The van der Waals surface area contributed by atoms with E-state index < -0.39 is 0 Å². The van der Waals surface area contributed by atoms with E-state index in [2.05, 4.69) is 0 Å². The van der Waals surface area contributed by atoms with E-state index in [1.165, 1.54) is 17.7 Å². The molecular formula is C21H23FN2O2. The van der Waals surface area contributed by atoms with Crippen molar-refractivity contribution in [1.82, 2.24) is 9.80 Å². The lowest BCUT2D eigenvalue weighted by Crippen LogP contribution is -2.34. The summed E-state index contributed by atoms with van der Waals surface area (Å²) in [5.74, 6) is -0.651. The number of hydrogen-bond donors (Lipinski definition) is 0. The lowest BCUT2D eigenvalue weighted by molar-refractivity contribution is -0.135. The van der Waals surface area contributed by atoms with Gasteiger partial charge in [0.05, 0.1) is 5.92 Å². The number of carbonyl (C=O) groups is 2. The van der Waals surface area contributed by atoms with E-state index in [0.717, 1.165) is 11.1 Å². The summed E-state index contributed by atoms with van der Waals surface area (Å²) in [7, 11) is 1.72. The van der Waals surface area contributed by atoms with Crippen molar-refractivity contribution < 1.29 is 14.0 Å². The quantitative estimate of drug-likeness (QED) is 0.828. The standard InChI is InChI=1S/C21H23FN2O2/c1-15-3-5-17(6-4-15)13-24-14-18(11-20(24)25)21(26)23(2)12-16-7-9-19(22)10-8-16/h3-10,18H,11-14H2,1-2H3/t18-/m0/s1. The third-order valence-corrected chi connectivity index (χ3v) is 4.77. The Morgan fingerprint density at radius 3 is 2.38 bits per heavy atom. The molecule has 0 N–H and O–H groups in total. The first-order chi connectivity index (χ1) is 12.4. The van der Waals surface area contributed by atoms with Gasteiger partial charge < -0.3 is 9.80 Å². The minimum atomic E-state index is -0.321. The molecule has 1 saturated heterocycles. The predicted octanol–water partition coefficient (Wildman–Crippen LogP) is 3.14. The number of rotatable bonds is 5. The number of benzene rings is 2. The van der Waals surface area contributed by atoms with Gasteiger partial charge in [0.1, 0.15) is 5.82 Å². The summed E-state index contributed by atoms with van der Waals surface area (Å²) in [4.78, 5) is 28.3. The van der Waals surface area contributed by atoms with Gasteiger partial charge in [0.2, 0.25) is 11.8 Å². The normalized spacial score (nSPS) is 16.8. The van der Waals surface area contributed by atoms with Gasteiger partial charge >= 0.3 is 0 Å². The van der Waals surface area contributed by atoms with Crippen molar-refractivity contribution in [3.63, 3.8) is 0 Å². The second-order valence-electron chi connectivity index (χ2n) is 6.98. The maximum absolute atomic E-state index is 13.0. The minimum absolute atomic E-state index is 0.0131. The zero-order valence-corrected chi connectivity index (χ0v) is 15.1. The van der Waals surface area contributed by atoms with Crippen LogP contribution in [0.3, 0.4) is 0 Å². The molecule has 0 saturated carbocycles. The van der Waals surface area contributed by atoms with Gasteiger partial charge in [0.25, 0.3) is 0 Å². The molecule has 26 heavy (non-hydrogen) atoms. The first-order valence-corrected chi connectivity index (χ1v) is 8.75. The Morgan fingerprint density at radius 1 is 1.12 bits per heavy atom. The van der Waals surface area contributed by atoms with E-state index in [0.29, 0.717) is 19.6 Å². The molecule has 2 aromatic rings. The highest BCUT2D eigenvalue weighted by atomic mass is 19.1. The van der Waals surface area contributed by atoms with Gasteiger partial charge in [0.15, 0.2) is 0 Å². The smallest absolute Gasteiger partial charge is 0.228 e. The van der Waals surface area contributed by atoms with E-state index in [9.17, 15) is 14.0 Å². The lowest BCUT2D eigenvalue weighted by atomic mass is 10.1. The van der Waals surface area contributed by atoms with E-state index >= 15 is 0 Å². The summed E-state index contributed by atoms with van der Waals surface area (Å²) in [6, 6.07) is 14.2. The van der Waals surface area contributed by atoms with Crippen LogP contribution in [-0.2, 0) is 22.7 Å². The molecular weight excluding hydrogens is 331 g/mol. The van der Waals surface area contributed by atoms with Crippen LogP contribution in [0.4, 0.5) is 4.39 Å². The Kier molecular flexibility index (Phi) is 5.35. The molecule has 1 aliphatic rings. The molecule has 2 amide bonds. The van der Waals surface area contributed by atoms with E-state index in [1.54, 1.807) is 29.0 Å². The van der Waals surface area contributed by atoms with Gasteiger partial charge in [-0.25, -0.2) is 4.39 Å². The van der Waals surface area contributed by atoms with Crippen LogP contribution in [0.2, 0.25) is 0 Å². The number of likely N-dealkylation sites (tertiary alicyclic amines) is 1. The second-order valence-corrected chi connectivity index (χ2v) is 6.98. The highest BCUT2D eigenvalue weighted by Crippen LogP contribution is 2.22. The summed E-state index contributed by atoms with van der Waals surface area (Å²) in [6.07, 6.45) is 0.248. The van der Waals surface area contributed by atoms with Gasteiger partial charge in [-0.05, 0) is 30.2 Å². The molecule has 0 unspecified atom stereocenters. The van der Waals surface area contributed by atoms with Crippen molar-refractivity contribution >= 4 is 11.8 Å². The maximum Gasteiger partial charge on any atom is 0.228 e. The maximum atomic E-state index is 13.0. The molecule has 5 heteroatoms. The van der Waals surface area contributed by atoms with Crippen LogP contribution in [0.25, 0.3) is 0 Å². The summed E-state index contributed by atoms with van der Waals surface area (Å²) < 4.78 is 13.0. The monoisotopic (exact) mass is 354 g/mol. The summed E-state index contributed by atoms with van der Waals surface area (Å²) in [5, 5.41) is 0. The summed E-state index contributed by atoms with van der Waals surface area (Å²) in [5.41, 5.74) is 3.11. The average molecular weight is 354 g/mol. The Morgan fingerprint density at radius 2 is 1.73 bits per heavy atom. The number of halogens is 1. The second kappa shape index (κ2) is 7.68. The fourth-order valence-corrected chi connectivity index (χ4v) is 3.26. The van der Waals surface area contributed by atoms with Gasteiger partial charge in [-0.2, -0.15) is 0 Å². The zero-order chi connectivity index (χ0) is 18.7. The Hall–Kier alpha value is -2.69. The largest absolute Gasteiger partial charge is 0.341 e. The van der Waals surface area contributed by atoms with Crippen molar-refractivity contribution in [2.45, 2.75) is 26.4 Å². The highest BCUT2D eigenvalue weighted by Gasteiger charge is 2.35. The van der Waals surface area contributed by atoms with Crippen LogP contribution in [-0.4, -0.2) is 35.2 Å². The van der Waals surface area contributed by atoms with Gasteiger partial charge in [-0.3, -0.25) is 9.59 Å². The lowest BCUT2D eigenvalue weighted by Gasteiger charge is -2.21. The third-order valence-electron chi connectivity index (χ3n) is 4.77. The van der Waals surface area contributed by atoms with Gasteiger partial charge in [-0.15, -0.1) is 0 Å². The fraction of sp³-hybridized carbons (Fsp3) is 0.333. The number of hydrogen-bond acceptors (Lipinski definition) is 2. The molecule has 0 aliphatic carbocycles. The SMILES string of the molecule is Cc1ccc(CN2C[C@@H](C(=O)N(C)Cc3ccc(F)cc3)CC2=O)cc1. The van der Waals surface area contributed by atoms with Crippen LogP contribution in [0.15, 0.2) is 48.5 Å². The number of nitrogens with zero attached hydrogens (tertiary/aromatic N) is 2. The molecule has 0 bridgehead atoms. The molecule has 136 valence electrons. The van der Waals surface area contributed by atoms with E-state index in [4.69, 9.17) is 0 Å². The Balaban J connectivity index is 1.59. The van der Waals surface area contributed by atoms with Crippen LogP contribution in [0, 0.1) is 18.7 Å². The molecule has 0 spiro atoms. The first-order valence-electron chi connectivity index (χ1n) is 8.75. The molecule has 1 heterocycles. The average Bonchev–Trinajstić information content (AvgIpc) is 2.99. The van der Waals surface area contributed by atoms with Crippen molar-refractivity contribution in [1.29, 1.82) is 0 Å². The summed E-state index contributed by atoms with van der Waals surface area (Å²) >= 11 is 0. The minimum Gasteiger partial charge on any atom is -0.341 e. The first kappa shape index (κ1) is 18.1. The van der Waals surface area contributed by atoms with Crippen molar-refractivity contribution in [3.8, 4) is 0 Å². The van der Waals surface area contributed by atoms with Gasteiger partial charge in [0, 0.05) is 33.1 Å². The topological polar surface area (TPSA) is 40.6 Å². The van der Waals surface area contributed by atoms with Crippen LogP contribution in [0.5, 0.6) is 0 Å². The van der Waals surface area contributed by atoms with E-state index in [1.807, 2.05) is 31.2 Å². The number of carbonyl (C=O) groups excluding carboxylic acids is 2. The van der Waals surface area contributed by atoms with E-state index in [-0.39, 0.29) is 30.0 Å². The number of amides is 2. The van der Waals surface area contributed by atoms with Crippen molar-refractivity contribution in [3.05, 3.63) is 71.0 Å². The van der Waals surface area contributed by atoms with Crippen molar-refractivity contribution in [2.75, 3.05) is 13.6 Å². The van der Waals surface area contributed by atoms with Crippen LogP contribution < -0.4 is 0 Å². The molecule has 4 nitrogen and oxygen atoms in total. The van der Waals surface area contributed by atoms with Crippen LogP contribution >= 0.6 is 0 Å². The predicted molar refractivity (Wildman–Crippen MR) is 97.6 cm³/mol. The molecule has 3 rings (SSSR count).